The molecule has 0 saturated heterocycles. The zero-order valence-corrected chi connectivity index (χ0v) is 9.01. The summed E-state index contributed by atoms with van der Waals surface area (Å²) in [4.78, 5) is 1.90. The molecule has 0 spiro atoms. The van der Waals surface area contributed by atoms with Crippen molar-refractivity contribution in [3.8, 4) is 0 Å². The summed E-state index contributed by atoms with van der Waals surface area (Å²) in [5.41, 5.74) is 2.69. The third kappa shape index (κ3) is 2.21. The van der Waals surface area contributed by atoms with Crippen molar-refractivity contribution in [1.82, 2.24) is 0 Å². The largest absolute Gasteiger partial charge is 0.0619 e. The Morgan fingerprint density at radius 1 is 1.25 bits per heavy atom. The number of hydrogen-bond acceptors (Lipinski definition) is 0. The van der Waals surface area contributed by atoms with E-state index in [9.17, 15) is 0 Å². The van der Waals surface area contributed by atoms with E-state index in [0.29, 0.717) is 5.92 Å². The molecule has 0 bridgehead atoms. The lowest BCUT2D eigenvalue weighted by atomic mass is 9.97. The molecule has 0 fully saturated rings. The highest BCUT2D eigenvalue weighted by Crippen LogP contribution is 2.20. The SMILES string of the molecule is CC(C)c1ccccc1/C=C/Br. The van der Waals surface area contributed by atoms with E-state index in [1.807, 2.05) is 4.99 Å². The molecule has 0 aliphatic rings. The number of rotatable bonds is 2. The van der Waals surface area contributed by atoms with Gasteiger partial charge in [0.15, 0.2) is 0 Å². The van der Waals surface area contributed by atoms with Crippen molar-refractivity contribution < 1.29 is 0 Å². The molecule has 1 heteroatoms. The minimum absolute atomic E-state index is 0.588. The fourth-order valence-electron chi connectivity index (χ4n) is 1.26. The first kappa shape index (κ1) is 9.53. The van der Waals surface area contributed by atoms with Crippen LogP contribution in [-0.2, 0) is 0 Å². The first-order valence-electron chi connectivity index (χ1n) is 4.11. The van der Waals surface area contributed by atoms with E-state index in [4.69, 9.17) is 0 Å². The minimum Gasteiger partial charge on any atom is -0.0619 e. The average molecular weight is 225 g/mol. The monoisotopic (exact) mass is 224 g/mol. The smallest absolute Gasteiger partial charge is 0.0183 e. The van der Waals surface area contributed by atoms with Crippen LogP contribution in [0, 0.1) is 0 Å². The predicted molar refractivity (Wildman–Crippen MR) is 58.5 cm³/mol. The lowest BCUT2D eigenvalue weighted by molar-refractivity contribution is 0.864. The van der Waals surface area contributed by atoms with Crippen LogP contribution in [0.25, 0.3) is 6.08 Å². The van der Waals surface area contributed by atoms with Gasteiger partial charge >= 0.3 is 0 Å². The van der Waals surface area contributed by atoms with Gasteiger partial charge in [0.05, 0.1) is 0 Å². The van der Waals surface area contributed by atoms with Crippen LogP contribution < -0.4 is 0 Å². The highest BCUT2D eigenvalue weighted by atomic mass is 79.9. The summed E-state index contributed by atoms with van der Waals surface area (Å²) in [6.45, 7) is 4.42. The van der Waals surface area contributed by atoms with Crippen molar-refractivity contribution in [3.63, 3.8) is 0 Å². The molecule has 0 aliphatic heterocycles. The van der Waals surface area contributed by atoms with Crippen LogP contribution in [0.5, 0.6) is 0 Å². The van der Waals surface area contributed by atoms with E-state index < -0.39 is 0 Å². The van der Waals surface area contributed by atoms with Crippen LogP contribution in [0.4, 0.5) is 0 Å². The second-order valence-electron chi connectivity index (χ2n) is 3.08. The van der Waals surface area contributed by atoms with Crippen molar-refractivity contribution in [2.45, 2.75) is 19.8 Å². The summed E-state index contributed by atoms with van der Waals surface area (Å²) < 4.78 is 0. The highest BCUT2D eigenvalue weighted by Gasteiger charge is 2.01. The van der Waals surface area contributed by atoms with Gasteiger partial charge in [0, 0.05) is 0 Å². The Hall–Kier alpha value is -0.560. The van der Waals surface area contributed by atoms with Crippen LogP contribution in [0.1, 0.15) is 30.9 Å². The van der Waals surface area contributed by atoms with Gasteiger partial charge in [-0.1, -0.05) is 54.0 Å². The van der Waals surface area contributed by atoms with Crippen LogP contribution >= 0.6 is 15.9 Å². The van der Waals surface area contributed by atoms with E-state index in [1.165, 1.54) is 11.1 Å². The third-order valence-electron chi connectivity index (χ3n) is 1.86. The lowest BCUT2D eigenvalue weighted by Crippen LogP contribution is -1.90. The number of halogens is 1. The van der Waals surface area contributed by atoms with Crippen LogP contribution in [-0.4, -0.2) is 0 Å². The van der Waals surface area contributed by atoms with Gasteiger partial charge < -0.3 is 0 Å². The quantitative estimate of drug-likeness (QED) is 0.708. The van der Waals surface area contributed by atoms with Gasteiger partial charge in [0.2, 0.25) is 0 Å². The first-order chi connectivity index (χ1) is 5.75. The Labute approximate surface area is 82.4 Å². The second-order valence-corrected chi connectivity index (χ2v) is 3.60. The molecule has 0 amide bonds. The summed E-state index contributed by atoms with van der Waals surface area (Å²) >= 11 is 3.29. The number of hydrogen-bond donors (Lipinski definition) is 0. The summed E-state index contributed by atoms with van der Waals surface area (Å²) in [5, 5.41) is 0. The van der Waals surface area contributed by atoms with E-state index in [1.54, 1.807) is 0 Å². The fraction of sp³-hybridized carbons (Fsp3) is 0.273. The second kappa shape index (κ2) is 4.46. The van der Waals surface area contributed by atoms with E-state index in [-0.39, 0.29) is 0 Å². The molecule has 0 unspecified atom stereocenters. The molecular weight excluding hydrogens is 212 g/mol. The Balaban J connectivity index is 3.08. The van der Waals surface area contributed by atoms with Gasteiger partial charge in [-0.3, -0.25) is 0 Å². The standard InChI is InChI=1S/C11H13Br/c1-9(2)11-6-4-3-5-10(11)7-8-12/h3-9H,1-2H3/b8-7+. The normalized spacial score (nSPS) is 11.3. The van der Waals surface area contributed by atoms with E-state index >= 15 is 0 Å². The van der Waals surface area contributed by atoms with Gasteiger partial charge in [0.25, 0.3) is 0 Å². The highest BCUT2D eigenvalue weighted by molar-refractivity contribution is 9.11. The summed E-state index contributed by atoms with van der Waals surface area (Å²) in [7, 11) is 0. The van der Waals surface area contributed by atoms with Gasteiger partial charge in [-0.25, -0.2) is 0 Å². The third-order valence-corrected chi connectivity index (χ3v) is 2.12. The molecule has 0 atom stereocenters. The number of benzene rings is 1. The molecule has 0 N–H and O–H groups in total. The van der Waals surface area contributed by atoms with Gasteiger partial charge in [-0.2, -0.15) is 0 Å². The molecule has 0 heterocycles. The molecule has 1 rings (SSSR count). The molecule has 1 aromatic rings. The van der Waals surface area contributed by atoms with Crippen molar-refractivity contribution in [1.29, 1.82) is 0 Å². The molecular formula is C11H13Br. The molecule has 0 aromatic heterocycles. The van der Waals surface area contributed by atoms with Crippen LogP contribution in [0.15, 0.2) is 29.3 Å². The Morgan fingerprint density at radius 2 is 1.92 bits per heavy atom. The van der Waals surface area contributed by atoms with Crippen molar-refractivity contribution in [3.05, 3.63) is 40.4 Å². The van der Waals surface area contributed by atoms with Gasteiger partial charge in [-0.05, 0) is 28.1 Å². The Morgan fingerprint density at radius 3 is 2.50 bits per heavy atom. The minimum atomic E-state index is 0.588. The summed E-state index contributed by atoms with van der Waals surface area (Å²) in [6, 6.07) is 8.45. The van der Waals surface area contributed by atoms with E-state index in [2.05, 4.69) is 60.1 Å². The molecule has 12 heavy (non-hydrogen) atoms. The zero-order chi connectivity index (χ0) is 8.97. The molecule has 0 saturated carbocycles. The maximum absolute atomic E-state index is 3.29. The molecule has 64 valence electrons. The molecule has 1 aromatic carbocycles. The van der Waals surface area contributed by atoms with Crippen molar-refractivity contribution in [2.75, 3.05) is 0 Å². The molecule has 0 aliphatic carbocycles. The van der Waals surface area contributed by atoms with Gasteiger partial charge in [-0.15, -0.1) is 0 Å². The van der Waals surface area contributed by atoms with Crippen LogP contribution in [0.3, 0.4) is 0 Å². The zero-order valence-electron chi connectivity index (χ0n) is 7.42. The first-order valence-corrected chi connectivity index (χ1v) is 5.03. The molecule has 0 nitrogen and oxygen atoms in total. The van der Waals surface area contributed by atoms with Crippen molar-refractivity contribution in [2.24, 2.45) is 0 Å². The summed E-state index contributed by atoms with van der Waals surface area (Å²) in [6.07, 6.45) is 2.08. The van der Waals surface area contributed by atoms with E-state index in [0.717, 1.165) is 0 Å². The van der Waals surface area contributed by atoms with Crippen LogP contribution in [0.2, 0.25) is 0 Å². The lowest BCUT2D eigenvalue weighted by Gasteiger charge is -2.08. The maximum atomic E-state index is 3.29. The topological polar surface area (TPSA) is 0 Å². The Kier molecular flexibility index (Phi) is 3.54. The van der Waals surface area contributed by atoms with Gasteiger partial charge in [0.1, 0.15) is 0 Å². The maximum Gasteiger partial charge on any atom is -0.0183 e. The van der Waals surface area contributed by atoms with Crippen molar-refractivity contribution >= 4 is 22.0 Å². The fourth-order valence-corrected chi connectivity index (χ4v) is 1.54. The molecule has 0 radical (unpaired) electrons. The average Bonchev–Trinajstić information content (AvgIpc) is 2.05. The summed E-state index contributed by atoms with van der Waals surface area (Å²) in [5.74, 6) is 0.588. The predicted octanol–water partition coefficient (Wildman–Crippen LogP) is 4.18. The Bertz CT molecular complexity index is 274.